The van der Waals surface area contributed by atoms with Crippen LogP contribution in [-0.4, -0.2) is 45.1 Å². The molecular weight excluding hydrogens is 356 g/mol. The maximum Gasteiger partial charge on any atom is 0.325 e. The van der Waals surface area contributed by atoms with Crippen LogP contribution in [0.25, 0.3) is 22.2 Å². The fraction of sp³-hybridized carbons (Fsp3) is 0.273. The van der Waals surface area contributed by atoms with Crippen LogP contribution in [0.4, 0.5) is 0 Å². The van der Waals surface area contributed by atoms with Crippen molar-refractivity contribution in [1.82, 2.24) is 9.88 Å². The van der Waals surface area contributed by atoms with E-state index < -0.39 is 23.9 Å². The molecule has 28 heavy (non-hydrogen) atoms. The molecule has 2 aromatic carbocycles. The Bertz CT molecular complexity index is 1010. The number of hydrogen-bond donors (Lipinski definition) is 3. The Hall–Kier alpha value is -3.12. The molecule has 0 radical (unpaired) electrons. The van der Waals surface area contributed by atoms with E-state index in [0.29, 0.717) is 24.9 Å². The Morgan fingerprint density at radius 1 is 1.04 bits per heavy atom. The van der Waals surface area contributed by atoms with Gasteiger partial charge in [-0.3, -0.25) is 14.5 Å². The molecule has 3 aromatic rings. The second kappa shape index (κ2) is 7.48. The van der Waals surface area contributed by atoms with Gasteiger partial charge in [-0.2, -0.15) is 0 Å². The zero-order valence-corrected chi connectivity index (χ0v) is 15.3. The van der Waals surface area contributed by atoms with Crippen LogP contribution in [0.15, 0.2) is 54.6 Å². The number of fused-ring (bicyclic) bond motifs is 1. The van der Waals surface area contributed by atoms with E-state index in [1.807, 2.05) is 54.6 Å². The van der Waals surface area contributed by atoms with Crippen LogP contribution in [-0.2, 0) is 9.59 Å². The van der Waals surface area contributed by atoms with Gasteiger partial charge in [0.25, 0.3) is 0 Å². The maximum absolute atomic E-state index is 12.4. The summed E-state index contributed by atoms with van der Waals surface area (Å²) in [4.78, 5) is 29.1. The molecular formula is C22H22N2O4. The number of H-pyrrole nitrogens is 1. The minimum absolute atomic E-state index is 0.236. The lowest BCUT2D eigenvalue weighted by molar-refractivity contribution is -0.149. The molecule has 3 N–H and O–H groups in total. The summed E-state index contributed by atoms with van der Waals surface area (Å²) in [6.07, 6.45) is 1.25. The van der Waals surface area contributed by atoms with E-state index >= 15 is 0 Å². The highest BCUT2D eigenvalue weighted by Gasteiger charge is 2.37. The molecule has 1 saturated heterocycles. The van der Waals surface area contributed by atoms with Crippen LogP contribution in [0, 0.1) is 5.92 Å². The van der Waals surface area contributed by atoms with Gasteiger partial charge in [0.15, 0.2) is 0 Å². The molecule has 0 saturated carbocycles. The van der Waals surface area contributed by atoms with Gasteiger partial charge < -0.3 is 15.2 Å². The number of carboxylic acids is 2. The van der Waals surface area contributed by atoms with Crippen LogP contribution >= 0.6 is 0 Å². The van der Waals surface area contributed by atoms with Crippen molar-refractivity contribution in [3.63, 3.8) is 0 Å². The number of aromatic nitrogens is 1. The van der Waals surface area contributed by atoms with Crippen molar-refractivity contribution in [2.24, 2.45) is 5.92 Å². The number of carboxylic acid groups (broad SMARTS) is 2. The molecule has 4 rings (SSSR count). The number of hydrogen-bond acceptors (Lipinski definition) is 3. The zero-order chi connectivity index (χ0) is 19.7. The number of benzene rings is 2. The third-order valence-electron chi connectivity index (χ3n) is 5.48. The minimum Gasteiger partial charge on any atom is -0.481 e. The van der Waals surface area contributed by atoms with E-state index in [4.69, 9.17) is 0 Å². The second-order valence-corrected chi connectivity index (χ2v) is 7.24. The van der Waals surface area contributed by atoms with Gasteiger partial charge >= 0.3 is 11.9 Å². The number of para-hydroxylation sites is 1. The molecule has 0 amide bonds. The van der Waals surface area contributed by atoms with Gasteiger partial charge in [0, 0.05) is 23.0 Å². The number of carbonyl (C=O) groups is 2. The quantitative estimate of drug-likeness (QED) is 0.629. The minimum atomic E-state index is -0.965. The first-order valence-electron chi connectivity index (χ1n) is 9.42. The number of nitrogens with one attached hydrogen (secondary N) is 1. The van der Waals surface area contributed by atoms with Crippen molar-refractivity contribution in [1.29, 1.82) is 0 Å². The first-order chi connectivity index (χ1) is 13.6. The molecule has 6 nitrogen and oxygen atoms in total. The Balaban J connectivity index is 1.87. The van der Waals surface area contributed by atoms with E-state index in [1.54, 1.807) is 4.90 Å². The van der Waals surface area contributed by atoms with Crippen LogP contribution in [0.3, 0.4) is 0 Å². The monoisotopic (exact) mass is 378 g/mol. The van der Waals surface area contributed by atoms with Gasteiger partial charge in [-0.1, -0.05) is 48.5 Å². The first kappa shape index (κ1) is 18.3. The summed E-state index contributed by atoms with van der Waals surface area (Å²) in [5, 5.41) is 20.4. The van der Waals surface area contributed by atoms with E-state index in [-0.39, 0.29) is 6.54 Å². The fourth-order valence-corrected chi connectivity index (χ4v) is 4.18. The Morgan fingerprint density at radius 2 is 1.75 bits per heavy atom. The molecule has 0 bridgehead atoms. The van der Waals surface area contributed by atoms with E-state index in [9.17, 15) is 19.8 Å². The number of nitrogens with zero attached hydrogens (tertiary/aromatic N) is 1. The van der Waals surface area contributed by atoms with Crippen molar-refractivity contribution in [2.75, 3.05) is 13.1 Å². The second-order valence-electron chi connectivity index (χ2n) is 7.24. The van der Waals surface area contributed by atoms with E-state index in [0.717, 1.165) is 22.2 Å². The highest BCUT2D eigenvalue weighted by atomic mass is 16.4. The smallest absolute Gasteiger partial charge is 0.325 e. The van der Waals surface area contributed by atoms with E-state index in [1.165, 1.54) is 0 Å². The van der Waals surface area contributed by atoms with Crippen molar-refractivity contribution in [3.8, 4) is 11.3 Å². The largest absolute Gasteiger partial charge is 0.481 e. The van der Waals surface area contributed by atoms with Crippen LogP contribution < -0.4 is 0 Å². The molecule has 2 atom stereocenters. The first-order valence-corrected chi connectivity index (χ1v) is 9.42. The highest BCUT2D eigenvalue weighted by Crippen LogP contribution is 2.38. The lowest BCUT2D eigenvalue weighted by atomic mass is 9.92. The number of piperidine rings is 1. The summed E-state index contributed by atoms with van der Waals surface area (Å²) in [5.74, 6) is -2.37. The lowest BCUT2D eigenvalue weighted by Gasteiger charge is -2.35. The fourth-order valence-electron chi connectivity index (χ4n) is 4.18. The highest BCUT2D eigenvalue weighted by molar-refractivity contribution is 5.95. The molecule has 1 aliphatic rings. The Labute approximate surface area is 162 Å². The van der Waals surface area contributed by atoms with Crippen molar-refractivity contribution in [2.45, 2.75) is 18.9 Å². The molecule has 1 fully saturated rings. The summed E-state index contributed by atoms with van der Waals surface area (Å²) in [6.45, 7) is 0.800. The molecule has 2 heterocycles. The van der Waals surface area contributed by atoms with Gasteiger partial charge in [-0.15, -0.1) is 0 Å². The molecule has 144 valence electrons. The maximum atomic E-state index is 12.4. The van der Waals surface area contributed by atoms with Gasteiger partial charge in [0.2, 0.25) is 0 Å². The summed E-state index contributed by atoms with van der Waals surface area (Å²) >= 11 is 0. The van der Waals surface area contributed by atoms with Gasteiger partial charge in [0.1, 0.15) is 6.04 Å². The molecule has 2 unspecified atom stereocenters. The van der Waals surface area contributed by atoms with Gasteiger partial charge in [-0.25, -0.2) is 0 Å². The lowest BCUT2D eigenvalue weighted by Crippen LogP contribution is -2.43. The number of rotatable bonds is 5. The standard InChI is InChI=1S/C22H22N2O4/c25-21(26)15-9-6-12-24(13-15)20(22(27)28)18-16-10-4-5-11-17(16)23-19(18)14-7-2-1-3-8-14/h1-5,7-8,10-11,15,20,23H,6,9,12-13H2,(H,25,26)(H,27,28). The summed E-state index contributed by atoms with van der Waals surface area (Å²) in [5.41, 5.74) is 3.24. The number of likely N-dealkylation sites (tertiary alicyclic amines) is 1. The molecule has 0 spiro atoms. The van der Waals surface area contributed by atoms with Crippen LogP contribution in [0.1, 0.15) is 24.4 Å². The Morgan fingerprint density at radius 3 is 2.46 bits per heavy atom. The zero-order valence-electron chi connectivity index (χ0n) is 15.3. The third-order valence-corrected chi connectivity index (χ3v) is 5.48. The van der Waals surface area contributed by atoms with Gasteiger partial charge in [0.05, 0.1) is 11.6 Å². The van der Waals surface area contributed by atoms with Crippen LogP contribution in [0.2, 0.25) is 0 Å². The predicted octanol–water partition coefficient (Wildman–Crippen LogP) is 3.76. The SMILES string of the molecule is O=C(O)C1CCCN(C(C(=O)O)c2c(-c3ccccc3)[nH]c3ccccc23)C1. The average Bonchev–Trinajstić information content (AvgIpc) is 3.08. The molecule has 0 aliphatic carbocycles. The molecule has 1 aromatic heterocycles. The number of aromatic amines is 1. The van der Waals surface area contributed by atoms with Crippen LogP contribution in [0.5, 0.6) is 0 Å². The summed E-state index contributed by atoms with van der Waals surface area (Å²) < 4.78 is 0. The number of aliphatic carboxylic acids is 2. The Kier molecular flexibility index (Phi) is 4.88. The van der Waals surface area contributed by atoms with E-state index in [2.05, 4.69) is 4.98 Å². The predicted molar refractivity (Wildman–Crippen MR) is 106 cm³/mol. The third kappa shape index (κ3) is 3.27. The van der Waals surface area contributed by atoms with Crippen molar-refractivity contribution >= 4 is 22.8 Å². The topological polar surface area (TPSA) is 93.6 Å². The molecule has 1 aliphatic heterocycles. The average molecular weight is 378 g/mol. The normalized spacial score (nSPS) is 18.8. The molecule has 6 heteroatoms. The van der Waals surface area contributed by atoms with Crippen molar-refractivity contribution < 1.29 is 19.8 Å². The summed E-state index contributed by atoms with van der Waals surface area (Å²) in [7, 11) is 0. The van der Waals surface area contributed by atoms with Crippen molar-refractivity contribution in [3.05, 3.63) is 60.2 Å². The van der Waals surface area contributed by atoms with Gasteiger partial charge in [-0.05, 0) is 31.0 Å². The summed E-state index contributed by atoms with van der Waals surface area (Å²) in [6, 6.07) is 16.4.